The van der Waals surface area contributed by atoms with Gasteiger partial charge in [0, 0.05) is 43.9 Å². The number of benzene rings is 3. The van der Waals surface area contributed by atoms with Gasteiger partial charge < -0.3 is 20.9 Å². The maximum Gasteiger partial charge on any atom is 0.246 e. The van der Waals surface area contributed by atoms with Gasteiger partial charge in [-0.2, -0.15) is 0 Å². The molecule has 45 heavy (non-hydrogen) atoms. The summed E-state index contributed by atoms with van der Waals surface area (Å²) in [6.07, 6.45) is 5.11. The molecule has 1 heterocycles. The van der Waals surface area contributed by atoms with E-state index in [9.17, 15) is 14.4 Å². The number of carbonyl (C=O) groups is 3. The fourth-order valence-electron chi connectivity index (χ4n) is 5.22. The van der Waals surface area contributed by atoms with Crippen LogP contribution in [-0.4, -0.2) is 65.8 Å². The van der Waals surface area contributed by atoms with Crippen molar-refractivity contribution in [3.05, 3.63) is 118 Å². The van der Waals surface area contributed by atoms with Gasteiger partial charge in [0.05, 0.1) is 0 Å². The second kappa shape index (κ2) is 15.6. The van der Waals surface area contributed by atoms with Gasteiger partial charge in [-0.05, 0) is 66.1 Å². The van der Waals surface area contributed by atoms with Crippen molar-refractivity contribution < 1.29 is 14.4 Å². The predicted molar refractivity (Wildman–Crippen MR) is 184 cm³/mol. The second-order valence-electron chi connectivity index (χ2n) is 12.2. The molecule has 0 fully saturated rings. The first kappa shape index (κ1) is 33.6. The van der Waals surface area contributed by atoms with Crippen LogP contribution >= 0.6 is 11.3 Å². The molecule has 0 radical (unpaired) electrons. The standard InChI is InChI=1S/C37H44N4O3S/c1-37(2,38)21-10-17-34(42)40(3)33(25-28-18-19-29-14-8-9-15-30(29)24-28)36(44)41(4)32(26-31-16-11-23-45-31)35(43)39-22-20-27-12-6-5-7-13-27/h5-19,23-24,32-33H,20-22,25-26,38H2,1-4H3,(H,39,43)/b17-10+/t32-,33-/m1/s1. The van der Waals surface area contributed by atoms with Gasteiger partial charge in [0.25, 0.3) is 0 Å². The third kappa shape index (κ3) is 9.86. The van der Waals surface area contributed by atoms with Crippen LogP contribution in [0.3, 0.4) is 0 Å². The molecule has 0 spiro atoms. The molecule has 4 rings (SSSR count). The Hall–Kier alpha value is -4.27. The van der Waals surface area contributed by atoms with E-state index in [4.69, 9.17) is 5.73 Å². The average molecular weight is 625 g/mol. The van der Waals surface area contributed by atoms with E-state index in [1.807, 2.05) is 98.1 Å². The van der Waals surface area contributed by atoms with E-state index in [2.05, 4.69) is 11.4 Å². The first-order valence-corrected chi connectivity index (χ1v) is 16.2. The van der Waals surface area contributed by atoms with Gasteiger partial charge in [-0.1, -0.05) is 84.9 Å². The van der Waals surface area contributed by atoms with Crippen molar-refractivity contribution in [2.24, 2.45) is 5.73 Å². The summed E-state index contributed by atoms with van der Waals surface area (Å²) in [5.74, 6) is -0.820. The normalized spacial score (nSPS) is 13.0. The van der Waals surface area contributed by atoms with Crippen LogP contribution in [0.2, 0.25) is 0 Å². The molecule has 8 heteroatoms. The second-order valence-corrected chi connectivity index (χ2v) is 13.3. The molecular formula is C37H44N4O3S. The van der Waals surface area contributed by atoms with Crippen molar-refractivity contribution in [1.29, 1.82) is 0 Å². The Morgan fingerprint density at radius 2 is 1.56 bits per heavy atom. The zero-order valence-electron chi connectivity index (χ0n) is 26.6. The highest BCUT2D eigenvalue weighted by molar-refractivity contribution is 7.09. The van der Waals surface area contributed by atoms with E-state index in [0.717, 1.165) is 26.8 Å². The summed E-state index contributed by atoms with van der Waals surface area (Å²) in [6, 6.07) is 26.4. The number of amides is 3. The first-order valence-electron chi connectivity index (χ1n) is 15.3. The molecule has 0 saturated carbocycles. The molecule has 0 aliphatic carbocycles. The van der Waals surface area contributed by atoms with E-state index in [1.165, 1.54) is 15.9 Å². The highest BCUT2D eigenvalue weighted by Gasteiger charge is 2.35. The third-order valence-corrected chi connectivity index (χ3v) is 8.79. The SMILES string of the molecule is CN(C(=O)/C=C/CC(C)(C)N)[C@H](Cc1ccc2ccccc2c1)C(=O)N(C)[C@H](Cc1cccs1)C(=O)NCCc1ccccc1. The number of hydrogen-bond acceptors (Lipinski definition) is 5. The number of likely N-dealkylation sites (N-methyl/N-ethyl adjacent to an activating group) is 2. The van der Waals surface area contributed by atoms with Crippen molar-refractivity contribution >= 4 is 39.8 Å². The van der Waals surface area contributed by atoms with Crippen molar-refractivity contribution in [3.8, 4) is 0 Å². The highest BCUT2D eigenvalue weighted by atomic mass is 32.1. The maximum absolute atomic E-state index is 14.4. The number of hydrogen-bond donors (Lipinski definition) is 2. The molecule has 0 unspecified atom stereocenters. The summed E-state index contributed by atoms with van der Waals surface area (Å²) in [4.78, 5) is 45.4. The molecule has 3 aromatic carbocycles. The number of nitrogens with two attached hydrogens (primary N) is 1. The van der Waals surface area contributed by atoms with Crippen molar-refractivity contribution in [2.45, 2.75) is 57.2 Å². The van der Waals surface area contributed by atoms with Crippen LogP contribution in [0.1, 0.15) is 36.3 Å². The number of thiophene rings is 1. The van der Waals surface area contributed by atoms with E-state index in [-0.39, 0.29) is 17.7 Å². The Morgan fingerprint density at radius 3 is 2.24 bits per heavy atom. The number of nitrogens with zero attached hydrogens (tertiary/aromatic N) is 2. The molecule has 0 aliphatic heterocycles. The molecule has 0 saturated heterocycles. The van der Waals surface area contributed by atoms with E-state index in [1.54, 1.807) is 31.5 Å². The van der Waals surface area contributed by atoms with Crippen LogP contribution in [0.4, 0.5) is 0 Å². The smallest absolute Gasteiger partial charge is 0.246 e. The van der Waals surface area contributed by atoms with Crippen LogP contribution in [0.15, 0.2) is 102 Å². The summed E-state index contributed by atoms with van der Waals surface area (Å²) in [6.45, 7) is 4.24. The predicted octanol–water partition coefficient (Wildman–Crippen LogP) is 5.38. The largest absolute Gasteiger partial charge is 0.354 e. The molecule has 3 N–H and O–H groups in total. The van der Waals surface area contributed by atoms with Gasteiger partial charge in [0.1, 0.15) is 12.1 Å². The van der Waals surface area contributed by atoms with E-state index >= 15 is 0 Å². The molecule has 1 aromatic heterocycles. The van der Waals surface area contributed by atoms with Gasteiger partial charge in [-0.25, -0.2) is 0 Å². The topological polar surface area (TPSA) is 95.7 Å². The van der Waals surface area contributed by atoms with Crippen molar-refractivity contribution in [1.82, 2.24) is 15.1 Å². The molecule has 4 aromatic rings. The Morgan fingerprint density at radius 1 is 0.844 bits per heavy atom. The summed E-state index contributed by atoms with van der Waals surface area (Å²) in [7, 11) is 3.31. The Balaban J connectivity index is 1.59. The fraction of sp³-hybridized carbons (Fsp3) is 0.324. The summed E-state index contributed by atoms with van der Waals surface area (Å²) < 4.78 is 0. The Kier molecular flexibility index (Phi) is 11.7. The zero-order chi connectivity index (χ0) is 32.4. The van der Waals surface area contributed by atoms with Gasteiger partial charge in [0.2, 0.25) is 17.7 Å². The lowest BCUT2D eigenvalue weighted by atomic mass is 9.99. The minimum Gasteiger partial charge on any atom is -0.354 e. The van der Waals surface area contributed by atoms with E-state index < -0.39 is 17.6 Å². The summed E-state index contributed by atoms with van der Waals surface area (Å²) in [5, 5.41) is 7.17. The van der Waals surface area contributed by atoms with Crippen LogP contribution in [-0.2, 0) is 33.6 Å². The minimum absolute atomic E-state index is 0.223. The average Bonchev–Trinajstić information content (AvgIpc) is 3.54. The van der Waals surface area contributed by atoms with Crippen LogP contribution < -0.4 is 11.1 Å². The van der Waals surface area contributed by atoms with Gasteiger partial charge >= 0.3 is 0 Å². The zero-order valence-corrected chi connectivity index (χ0v) is 27.4. The molecule has 3 amide bonds. The highest BCUT2D eigenvalue weighted by Crippen LogP contribution is 2.21. The lowest BCUT2D eigenvalue weighted by molar-refractivity contribution is -0.146. The summed E-state index contributed by atoms with van der Waals surface area (Å²) >= 11 is 1.55. The van der Waals surface area contributed by atoms with Crippen LogP contribution in [0.25, 0.3) is 10.8 Å². The lowest BCUT2D eigenvalue weighted by Crippen LogP contribution is -2.56. The Bertz CT molecular complexity index is 1590. The lowest BCUT2D eigenvalue weighted by Gasteiger charge is -2.34. The Labute approximate surface area is 270 Å². The first-order chi connectivity index (χ1) is 21.5. The number of nitrogens with one attached hydrogen (secondary N) is 1. The van der Waals surface area contributed by atoms with Gasteiger partial charge in [-0.15, -0.1) is 11.3 Å². The number of rotatable bonds is 14. The monoisotopic (exact) mass is 624 g/mol. The molecule has 236 valence electrons. The third-order valence-electron chi connectivity index (χ3n) is 7.90. The number of carbonyl (C=O) groups excluding carboxylic acids is 3. The van der Waals surface area contributed by atoms with Gasteiger partial charge in [0.15, 0.2) is 0 Å². The number of fused-ring (bicyclic) bond motifs is 1. The molecule has 7 nitrogen and oxygen atoms in total. The molecule has 0 aliphatic rings. The van der Waals surface area contributed by atoms with Crippen LogP contribution in [0.5, 0.6) is 0 Å². The van der Waals surface area contributed by atoms with Crippen LogP contribution in [0, 0.1) is 0 Å². The minimum atomic E-state index is -0.831. The van der Waals surface area contributed by atoms with Gasteiger partial charge in [-0.3, -0.25) is 14.4 Å². The van der Waals surface area contributed by atoms with Crippen molar-refractivity contribution in [3.63, 3.8) is 0 Å². The summed E-state index contributed by atoms with van der Waals surface area (Å²) in [5.41, 5.74) is 7.69. The van der Waals surface area contributed by atoms with E-state index in [0.29, 0.717) is 32.2 Å². The quantitative estimate of drug-likeness (QED) is 0.184. The molecule has 2 atom stereocenters. The molecule has 0 bridgehead atoms. The fourth-order valence-corrected chi connectivity index (χ4v) is 5.96. The maximum atomic E-state index is 14.4. The molecular weight excluding hydrogens is 580 g/mol. The van der Waals surface area contributed by atoms with Crippen molar-refractivity contribution in [2.75, 3.05) is 20.6 Å².